The van der Waals surface area contributed by atoms with E-state index in [4.69, 9.17) is 5.11 Å². The summed E-state index contributed by atoms with van der Waals surface area (Å²) in [5.41, 5.74) is 1.76. The normalized spacial score (nSPS) is 15.1. The molecule has 1 aromatic carbocycles. The number of piperazine rings is 1. The van der Waals surface area contributed by atoms with E-state index in [2.05, 4.69) is 11.8 Å². The number of hydrogen-bond donors (Lipinski definition) is 1. The molecule has 0 spiro atoms. The first-order valence-electron chi connectivity index (χ1n) is 6.35. The molecule has 1 saturated heterocycles. The Kier molecular flexibility index (Phi) is 4.38. The van der Waals surface area contributed by atoms with Crippen LogP contribution in [0.1, 0.15) is 11.1 Å². The van der Waals surface area contributed by atoms with E-state index in [0.717, 1.165) is 11.1 Å². The zero-order valence-corrected chi connectivity index (χ0v) is 11.3. The van der Waals surface area contributed by atoms with Crippen LogP contribution < -0.4 is 0 Å². The topological polar surface area (TPSA) is 60.9 Å². The highest BCUT2D eigenvalue weighted by Gasteiger charge is 2.29. The fourth-order valence-corrected chi connectivity index (χ4v) is 1.98. The molecule has 0 aliphatic carbocycles. The number of aliphatic hydroxyl groups is 1. The fourth-order valence-electron chi connectivity index (χ4n) is 1.98. The monoisotopic (exact) mass is 272 g/mol. The lowest BCUT2D eigenvalue weighted by molar-refractivity contribution is -0.155. The maximum atomic E-state index is 11.8. The standard InChI is InChI=1S/C15H16N2O3/c1-16-8-9-17(15(20)14(16)19)11-13-6-4-12(5-7-13)3-2-10-18/h4-7,18H,8-11H2,1H3. The van der Waals surface area contributed by atoms with Crippen LogP contribution in [-0.2, 0) is 16.1 Å². The zero-order valence-electron chi connectivity index (χ0n) is 11.3. The van der Waals surface area contributed by atoms with Crippen LogP contribution in [0.3, 0.4) is 0 Å². The Morgan fingerprint density at radius 1 is 1.15 bits per heavy atom. The second kappa shape index (κ2) is 6.22. The van der Waals surface area contributed by atoms with Gasteiger partial charge in [-0.25, -0.2) is 0 Å². The molecule has 1 N–H and O–H groups in total. The van der Waals surface area contributed by atoms with Crippen LogP contribution in [0.2, 0.25) is 0 Å². The minimum atomic E-state index is -0.457. The summed E-state index contributed by atoms with van der Waals surface area (Å²) in [4.78, 5) is 26.4. The molecular weight excluding hydrogens is 256 g/mol. The van der Waals surface area contributed by atoms with Crippen molar-refractivity contribution < 1.29 is 14.7 Å². The second-order valence-corrected chi connectivity index (χ2v) is 4.61. The van der Waals surface area contributed by atoms with E-state index in [1.165, 1.54) is 4.90 Å². The van der Waals surface area contributed by atoms with Crippen LogP contribution in [0.15, 0.2) is 24.3 Å². The van der Waals surface area contributed by atoms with Crippen molar-refractivity contribution in [2.75, 3.05) is 26.7 Å². The van der Waals surface area contributed by atoms with Gasteiger partial charge in [-0.2, -0.15) is 0 Å². The first-order valence-corrected chi connectivity index (χ1v) is 6.35. The third-order valence-electron chi connectivity index (χ3n) is 3.16. The van der Waals surface area contributed by atoms with Gasteiger partial charge in [0, 0.05) is 32.2 Å². The predicted octanol–water partition coefficient (Wildman–Crippen LogP) is -0.169. The number of carbonyl (C=O) groups is 2. The number of amides is 2. The number of likely N-dealkylation sites (N-methyl/N-ethyl adjacent to an activating group) is 1. The van der Waals surface area contributed by atoms with Crippen LogP contribution in [0, 0.1) is 11.8 Å². The van der Waals surface area contributed by atoms with Crippen molar-refractivity contribution in [3.8, 4) is 11.8 Å². The summed E-state index contributed by atoms with van der Waals surface area (Å²) in [7, 11) is 1.63. The lowest BCUT2D eigenvalue weighted by Crippen LogP contribution is -2.52. The smallest absolute Gasteiger partial charge is 0.312 e. The molecule has 0 radical (unpaired) electrons. The lowest BCUT2D eigenvalue weighted by atomic mass is 10.1. The summed E-state index contributed by atoms with van der Waals surface area (Å²) < 4.78 is 0. The van der Waals surface area contributed by atoms with E-state index in [9.17, 15) is 9.59 Å². The van der Waals surface area contributed by atoms with E-state index in [1.807, 2.05) is 24.3 Å². The Labute approximate surface area is 117 Å². The maximum Gasteiger partial charge on any atom is 0.312 e. The van der Waals surface area contributed by atoms with E-state index in [-0.39, 0.29) is 6.61 Å². The maximum absolute atomic E-state index is 11.8. The van der Waals surface area contributed by atoms with Crippen molar-refractivity contribution in [1.29, 1.82) is 0 Å². The molecule has 1 heterocycles. The van der Waals surface area contributed by atoms with Gasteiger partial charge in [-0.1, -0.05) is 24.0 Å². The van der Waals surface area contributed by atoms with Crippen molar-refractivity contribution in [3.05, 3.63) is 35.4 Å². The summed E-state index contributed by atoms with van der Waals surface area (Å²) in [6.07, 6.45) is 0. The molecule has 0 atom stereocenters. The van der Waals surface area contributed by atoms with Crippen LogP contribution in [0.25, 0.3) is 0 Å². The molecule has 5 nitrogen and oxygen atoms in total. The molecule has 0 unspecified atom stereocenters. The summed E-state index contributed by atoms with van der Waals surface area (Å²) >= 11 is 0. The first-order chi connectivity index (χ1) is 9.61. The first kappa shape index (κ1) is 14.1. The van der Waals surface area contributed by atoms with E-state index in [0.29, 0.717) is 19.6 Å². The highest BCUT2D eigenvalue weighted by atomic mass is 16.2. The highest BCUT2D eigenvalue weighted by molar-refractivity contribution is 6.35. The molecule has 20 heavy (non-hydrogen) atoms. The van der Waals surface area contributed by atoms with Crippen molar-refractivity contribution in [2.45, 2.75) is 6.54 Å². The lowest BCUT2D eigenvalue weighted by Gasteiger charge is -2.31. The van der Waals surface area contributed by atoms with Crippen molar-refractivity contribution in [2.24, 2.45) is 0 Å². The minimum absolute atomic E-state index is 0.167. The van der Waals surface area contributed by atoms with Gasteiger partial charge in [0.05, 0.1) is 0 Å². The third-order valence-corrected chi connectivity index (χ3v) is 3.16. The number of carbonyl (C=O) groups excluding carboxylic acids is 2. The average Bonchev–Trinajstić information content (AvgIpc) is 2.47. The number of aliphatic hydroxyl groups excluding tert-OH is 1. The molecule has 1 aliphatic heterocycles. The zero-order chi connectivity index (χ0) is 14.5. The summed E-state index contributed by atoms with van der Waals surface area (Å²) in [5.74, 6) is 4.47. The number of rotatable bonds is 2. The molecule has 2 amide bonds. The van der Waals surface area contributed by atoms with Crippen LogP contribution >= 0.6 is 0 Å². The minimum Gasteiger partial charge on any atom is -0.384 e. The van der Waals surface area contributed by atoms with Gasteiger partial charge in [-0.05, 0) is 17.7 Å². The summed E-state index contributed by atoms with van der Waals surface area (Å²) in [6.45, 7) is 1.36. The SMILES string of the molecule is CN1CCN(Cc2ccc(C#CCO)cc2)C(=O)C1=O. The highest BCUT2D eigenvalue weighted by Crippen LogP contribution is 2.10. The summed E-state index contributed by atoms with van der Waals surface area (Å²) in [6, 6.07) is 7.41. The quantitative estimate of drug-likeness (QED) is 0.601. The molecule has 1 fully saturated rings. The molecule has 2 rings (SSSR count). The van der Waals surface area contributed by atoms with Crippen LogP contribution in [0.5, 0.6) is 0 Å². The van der Waals surface area contributed by atoms with Gasteiger partial charge in [0.25, 0.3) is 0 Å². The molecule has 1 aromatic rings. The fraction of sp³-hybridized carbons (Fsp3) is 0.333. The molecule has 5 heteroatoms. The van der Waals surface area contributed by atoms with Crippen LogP contribution in [-0.4, -0.2) is 53.5 Å². The Hall–Kier alpha value is -2.32. The second-order valence-electron chi connectivity index (χ2n) is 4.61. The Balaban J connectivity index is 2.03. The molecule has 0 saturated carbocycles. The molecule has 104 valence electrons. The van der Waals surface area contributed by atoms with Gasteiger partial charge >= 0.3 is 11.8 Å². The number of nitrogens with zero attached hydrogens (tertiary/aromatic N) is 2. The van der Waals surface area contributed by atoms with Gasteiger partial charge in [-0.3, -0.25) is 9.59 Å². The predicted molar refractivity (Wildman–Crippen MR) is 73.5 cm³/mol. The van der Waals surface area contributed by atoms with Gasteiger partial charge in [0.1, 0.15) is 6.61 Å². The van der Waals surface area contributed by atoms with Gasteiger partial charge in [0.2, 0.25) is 0 Å². The van der Waals surface area contributed by atoms with Gasteiger partial charge < -0.3 is 14.9 Å². The Morgan fingerprint density at radius 2 is 1.85 bits per heavy atom. The Bertz CT molecular complexity index is 569. The van der Waals surface area contributed by atoms with Crippen LogP contribution in [0.4, 0.5) is 0 Å². The number of benzene rings is 1. The third kappa shape index (κ3) is 3.16. The van der Waals surface area contributed by atoms with Crippen molar-refractivity contribution in [1.82, 2.24) is 9.80 Å². The van der Waals surface area contributed by atoms with Crippen molar-refractivity contribution in [3.63, 3.8) is 0 Å². The average molecular weight is 272 g/mol. The van der Waals surface area contributed by atoms with Crippen molar-refractivity contribution >= 4 is 11.8 Å². The molecule has 0 bridgehead atoms. The van der Waals surface area contributed by atoms with Gasteiger partial charge in [0.15, 0.2) is 0 Å². The van der Waals surface area contributed by atoms with E-state index < -0.39 is 11.8 Å². The molecule has 0 aromatic heterocycles. The molecular formula is C15H16N2O3. The Morgan fingerprint density at radius 3 is 2.50 bits per heavy atom. The summed E-state index contributed by atoms with van der Waals surface area (Å²) in [5, 5.41) is 8.62. The van der Waals surface area contributed by atoms with E-state index in [1.54, 1.807) is 11.9 Å². The molecule has 1 aliphatic rings. The number of hydrogen-bond acceptors (Lipinski definition) is 3. The largest absolute Gasteiger partial charge is 0.384 e. The van der Waals surface area contributed by atoms with Gasteiger partial charge in [-0.15, -0.1) is 0 Å². The van der Waals surface area contributed by atoms with E-state index >= 15 is 0 Å².